The summed E-state index contributed by atoms with van der Waals surface area (Å²) in [6.45, 7) is 14.8. The van der Waals surface area contributed by atoms with E-state index in [9.17, 15) is 4.79 Å². The number of nitrogens with zero attached hydrogens (tertiary/aromatic N) is 1. The SMILES string of the molecule is CC(C)(C)CC(=O)N1CC=C(C(C)(C)C)CC1. The molecule has 0 bridgehead atoms. The van der Waals surface area contributed by atoms with Crippen LogP contribution in [0.25, 0.3) is 0 Å². The third kappa shape index (κ3) is 4.53. The maximum Gasteiger partial charge on any atom is 0.223 e. The predicted molar refractivity (Wildman–Crippen MR) is 72.8 cm³/mol. The van der Waals surface area contributed by atoms with E-state index in [1.54, 1.807) is 0 Å². The molecule has 0 saturated heterocycles. The van der Waals surface area contributed by atoms with Gasteiger partial charge in [0.1, 0.15) is 0 Å². The van der Waals surface area contributed by atoms with E-state index >= 15 is 0 Å². The van der Waals surface area contributed by atoms with E-state index in [1.165, 1.54) is 5.57 Å². The topological polar surface area (TPSA) is 20.3 Å². The minimum Gasteiger partial charge on any atom is -0.339 e. The van der Waals surface area contributed by atoms with E-state index in [-0.39, 0.29) is 10.8 Å². The molecule has 0 radical (unpaired) electrons. The smallest absolute Gasteiger partial charge is 0.223 e. The van der Waals surface area contributed by atoms with Crippen LogP contribution in [0.15, 0.2) is 11.6 Å². The second-order valence-electron chi connectivity index (χ2n) is 7.31. The molecule has 2 nitrogen and oxygen atoms in total. The van der Waals surface area contributed by atoms with Crippen molar-refractivity contribution in [2.75, 3.05) is 13.1 Å². The first-order valence-corrected chi connectivity index (χ1v) is 6.57. The van der Waals surface area contributed by atoms with Crippen LogP contribution in [-0.4, -0.2) is 23.9 Å². The maximum atomic E-state index is 12.1. The molecule has 0 N–H and O–H groups in total. The Morgan fingerprint density at radius 1 is 1.24 bits per heavy atom. The molecule has 1 rings (SSSR count). The van der Waals surface area contributed by atoms with Gasteiger partial charge in [-0.15, -0.1) is 0 Å². The molecule has 0 aromatic heterocycles. The maximum absolute atomic E-state index is 12.1. The highest BCUT2D eigenvalue weighted by molar-refractivity contribution is 5.77. The molecule has 0 aromatic rings. The summed E-state index contributed by atoms with van der Waals surface area (Å²) in [4.78, 5) is 14.1. The molecular weight excluding hydrogens is 210 g/mol. The van der Waals surface area contributed by atoms with Gasteiger partial charge in [0.2, 0.25) is 5.91 Å². The van der Waals surface area contributed by atoms with Crippen molar-refractivity contribution in [3.8, 4) is 0 Å². The average Bonchev–Trinajstić information content (AvgIpc) is 2.14. The van der Waals surface area contributed by atoms with Gasteiger partial charge in [-0.3, -0.25) is 4.79 Å². The number of carbonyl (C=O) groups is 1. The third-order valence-electron chi connectivity index (χ3n) is 3.21. The van der Waals surface area contributed by atoms with Crippen LogP contribution in [-0.2, 0) is 4.79 Å². The Morgan fingerprint density at radius 2 is 1.82 bits per heavy atom. The normalized spacial score (nSPS) is 18.0. The summed E-state index contributed by atoms with van der Waals surface area (Å²) in [5.41, 5.74) is 1.82. The Hall–Kier alpha value is -0.790. The van der Waals surface area contributed by atoms with Crippen LogP contribution in [0.1, 0.15) is 54.4 Å². The minimum absolute atomic E-state index is 0.0884. The summed E-state index contributed by atoms with van der Waals surface area (Å²) >= 11 is 0. The van der Waals surface area contributed by atoms with Crippen LogP contribution in [0.3, 0.4) is 0 Å². The molecule has 0 atom stereocenters. The zero-order valence-corrected chi connectivity index (χ0v) is 12.3. The van der Waals surface area contributed by atoms with Crippen LogP contribution < -0.4 is 0 Å². The molecule has 2 heteroatoms. The number of amides is 1. The van der Waals surface area contributed by atoms with Crippen LogP contribution in [0.5, 0.6) is 0 Å². The first-order valence-electron chi connectivity index (χ1n) is 6.57. The lowest BCUT2D eigenvalue weighted by Gasteiger charge is -2.33. The van der Waals surface area contributed by atoms with E-state index in [2.05, 4.69) is 47.6 Å². The molecule has 0 aliphatic carbocycles. The summed E-state index contributed by atoms with van der Waals surface area (Å²) in [5.74, 6) is 0.293. The second kappa shape index (κ2) is 4.83. The molecule has 0 unspecified atom stereocenters. The monoisotopic (exact) mass is 237 g/mol. The minimum atomic E-state index is 0.0884. The number of carbonyl (C=O) groups excluding carboxylic acids is 1. The summed E-state index contributed by atoms with van der Waals surface area (Å²) in [5, 5.41) is 0. The van der Waals surface area contributed by atoms with Gasteiger partial charge in [-0.25, -0.2) is 0 Å². The van der Waals surface area contributed by atoms with Crippen molar-refractivity contribution in [2.24, 2.45) is 10.8 Å². The standard InChI is InChI=1S/C15H27NO/c1-14(2,3)11-13(17)16-9-7-12(8-10-16)15(4,5)6/h7H,8-11H2,1-6H3. The van der Waals surface area contributed by atoms with Crippen molar-refractivity contribution < 1.29 is 4.79 Å². The average molecular weight is 237 g/mol. The van der Waals surface area contributed by atoms with E-state index in [4.69, 9.17) is 0 Å². The van der Waals surface area contributed by atoms with Crippen LogP contribution in [0.4, 0.5) is 0 Å². The van der Waals surface area contributed by atoms with E-state index < -0.39 is 0 Å². The molecule has 98 valence electrons. The summed E-state index contributed by atoms with van der Waals surface area (Å²) < 4.78 is 0. The van der Waals surface area contributed by atoms with E-state index in [0.29, 0.717) is 12.3 Å². The van der Waals surface area contributed by atoms with Crippen molar-refractivity contribution in [3.63, 3.8) is 0 Å². The van der Waals surface area contributed by atoms with Crippen molar-refractivity contribution in [1.82, 2.24) is 4.90 Å². The zero-order chi connectivity index (χ0) is 13.3. The van der Waals surface area contributed by atoms with Crippen LogP contribution in [0, 0.1) is 10.8 Å². The molecular formula is C15H27NO. The highest BCUT2D eigenvalue weighted by Crippen LogP contribution is 2.30. The third-order valence-corrected chi connectivity index (χ3v) is 3.21. The largest absolute Gasteiger partial charge is 0.339 e. The van der Waals surface area contributed by atoms with Gasteiger partial charge in [0.15, 0.2) is 0 Å². The lowest BCUT2D eigenvalue weighted by Crippen LogP contribution is -2.38. The van der Waals surface area contributed by atoms with Gasteiger partial charge in [0, 0.05) is 19.5 Å². The fourth-order valence-corrected chi connectivity index (χ4v) is 2.14. The van der Waals surface area contributed by atoms with Gasteiger partial charge in [-0.05, 0) is 17.3 Å². The fourth-order valence-electron chi connectivity index (χ4n) is 2.14. The highest BCUT2D eigenvalue weighted by atomic mass is 16.2. The van der Waals surface area contributed by atoms with Gasteiger partial charge < -0.3 is 4.90 Å². The first kappa shape index (κ1) is 14.3. The van der Waals surface area contributed by atoms with Crippen molar-refractivity contribution in [3.05, 3.63) is 11.6 Å². The zero-order valence-electron chi connectivity index (χ0n) is 12.3. The highest BCUT2D eigenvalue weighted by Gasteiger charge is 2.25. The molecule has 17 heavy (non-hydrogen) atoms. The van der Waals surface area contributed by atoms with Crippen molar-refractivity contribution >= 4 is 5.91 Å². The van der Waals surface area contributed by atoms with Crippen molar-refractivity contribution in [1.29, 1.82) is 0 Å². The Balaban J connectivity index is 2.58. The van der Waals surface area contributed by atoms with Gasteiger partial charge in [-0.2, -0.15) is 0 Å². The molecule has 0 saturated carbocycles. The lowest BCUT2D eigenvalue weighted by molar-refractivity contribution is -0.132. The quantitative estimate of drug-likeness (QED) is 0.638. The van der Waals surface area contributed by atoms with Crippen molar-refractivity contribution in [2.45, 2.75) is 54.4 Å². The predicted octanol–water partition coefficient (Wildman–Crippen LogP) is 3.63. The van der Waals surface area contributed by atoms with Gasteiger partial charge in [-0.1, -0.05) is 53.2 Å². The van der Waals surface area contributed by atoms with Gasteiger partial charge in [0.05, 0.1) is 0 Å². The molecule has 0 fully saturated rings. The van der Waals surface area contributed by atoms with E-state index in [1.807, 2.05) is 4.90 Å². The molecule has 1 aliphatic heterocycles. The first-order chi connectivity index (χ1) is 7.59. The lowest BCUT2D eigenvalue weighted by atomic mass is 9.82. The fraction of sp³-hybridized carbons (Fsp3) is 0.800. The summed E-state index contributed by atoms with van der Waals surface area (Å²) in [7, 11) is 0. The second-order valence-corrected chi connectivity index (χ2v) is 7.31. The number of hydrogen-bond donors (Lipinski definition) is 0. The van der Waals surface area contributed by atoms with Gasteiger partial charge >= 0.3 is 0 Å². The molecule has 0 spiro atoms. The molecule has 1 amide bonds. The van der Waals surface area contributed by atoms with Crippen LogP contribution in [0.2, 0.25) is 0 Å². The van der Waals surface area contributed by atoms with Gasteiger partial charge in [0.25, 0.3) is 0 Å². The summed E-state index contributed by atoms with van der Waals surface area (Å²) in [6, 6.07) is 0. The van der Waals surface area contributed by atoms with Crippen LogP contribution >= 0.6 is 0 Å². The Kier molecular flexibility index (Phi) is 4.06. The Morgan fingerprint density at radius 3 is 2.18 bits per heavy atom. The Labute approximate surface area is 106 Å². The number of hydrogen-bond acceptors (Lipinski definition) is 1. The summed E-state index contributed by atoms with van der Waals surface area (Å²) in [6.07, 6.45) is 3.91. The number of rotatable bonds is 1. The molecule has 0 aromatic carbocycles. The molecule has 1 aliphatic rings. The Bertz CT molecular complexity index is 315. The van der Waals surface area contributed by atoms with E-state index in [0.717, 1.165) is 19.5 Å². The molecule has 1 heterocycles.